The maximum atomic E-state index is 10.7. The van der Waals surface area contributed by atoms with Gasteiger partial charge in [0.25, 0.3) is 0 Å². The SMILES string of the molecule is CC(=O)NCCC(O)C(O)c1ccc(N=C=O)cc1. The second kappa shape index (κ2) is 7.43. The van der Waals surface area contributed by atoms with E-state index in [0.29, 0.717) is 17.8 Å². The van der Waals surface area contributed by atoms with Crippen LogP contribution in [-0.2, 0) is 9.59 Å². The summed E-state index contributed by atoms with van der Waals surface area (Å²) < 4.78 is 0. The number of nitrogens with one attached hydrogen (secondary N) is 1. The Labute approximate surface area is 110 Å². The summed E-state index contributed by atoms with van der Waals surface area (Å²) in [6.45, 7) is 1.68. The van der Waals surface area contributed by atoms with E-state index < -0.39 is 12.2 Å². The first-order valence-corrected chi connectivity index (χ1v) is 5.83. The average molecular weight is 264 g/mol. The van der Waals surface area contributed by atoms with E-state index in [2.05, 4.69) is 10.3 Å². The molecule has 0 aliphatic heterocycles. The van der Waals surface area contributed by atoms with Gasteiger partial charge in [-0.15, -0.1) is 0 Å². The Balaban J connectivity index is 2.58. The lowest BCUT2D eigenvalue weighted by Gasteiger charge is -2.18. The summed E-state index contributed by atoms with van der Waals surface area (Å²) in [6.07, 6.45) is -0.370. The Morgan fingerprint density at radius 1 is 1.37 bits per heavy atom. The van der Waals surface area contributed by atoms with Crippen LogP contribution in [-0.4, -0.2) is 34.8 Å². The molecule has 0 spiro atoms. The number of carbonyl (C=O) groups is 1. The molecule has 6 nitrogen and oxygen atoms in total. The molecule has 6 heteroatoms. The first kappa shape index (κ1) is 15.0. The molecule has 0 aliphatic carbocycles. The van der Waals surface area contributed by atoms with Crippen molar-refractivity contribution in [3.63, 3.8) is 0 Å². The van der Waals surface area contributed by atoms with Gasteiger partial charge in [-0.05, 0) is 24.1 Å². The van der Waals surface area contributed by atoms with Gasteiger partial charge in [0.05, 0.1) is 11.8 Å². The van der Waals surface area contributed by atoms with Crippen molar-refractivity contribution >= 4 is 17.7 Å². The van der Waals surface area contributed by atoms with E-state index in [0.717, 1.165) is 0 Å². The van der Waals surface area contributed by atoms with Gasteiger partial charge in [-0.2, -0.15) is 4.99 Å². The average Bonchev–Trinajstić information content (AvgIpc) is 2.38. The Hall–Kier alpha value is -2.01. The third kappa shape index (κ3) is 5.01. The molecule has 0 aliphatic rings. The van der Waals surface area contributed by atoms with E-state index in [4.69, 9.17) is 0 Å². The van der Waals surface area contributed by atoms with Crippen LogP contribution in [0.25, 0.3) is 0 Å². The molecule has 0 radical (unpaired) electrons. The van der Waals surface area contributed by atoms with E-state index in [1.807, 2.05) is 0 Å². The fourth-order valence-corrected chi connectivity index (χ4v) is 1.57. The van der Waals surface area contributed by atoms with Gasteiger partial charge in [-0.25, -0.2) is 4.79 Å². The number of isocyanates is 1. The molecular formula is C13H16N2O4. The molecule has 19 heavy (non-hydrogen) atoms. The number of aliphatic hydroxyl groups is 2. The highest BCUT2D eigenvalue weighted by molar-refractivity contribution is 5.72. The van der Waals surface area contributed by atoms with Crippen molar-refractivity contribution in [3.8, 4) is 0 Å². The zero-order valence-corrected chi connectivity index (χ0v) is 10.5. The minimum atomic E-state index is -1.05. The summed E-state index contributed by atoms with van der Waals surface area (Å²) >= 11 is 0. The first-order chi connectivity index (χ1) is 9.04. The molecule has 1 amide bonds. The maximum absolute atomic E-state index is 10.7. The number of amides is 1. The number of benzene rings is 1. The Kier molecular flexibility index (Phi) is 5.89. The number of hydrogen-bond acceptors (Lipinski definition) is 5. The topological polar surface area (TPSA) is 99.0 Å². The third-order valence-corrected chi connectivity index (χ3v) is 2.59. The number of rotatable bonds is 6. The van der Waals surface area contributed by atoms with Crippen molar-refractivity contribution < 1.29 is 19.8 Å². The smallest absolute Gasteiger partial charge is 0.240 e. The van der Waals surface area contributed by atoms with Crippen LogP contribution in [0.2, 0.25) is 0 Å². The molecule has 0 aromatic heterocycles. The summed E-state index contributed by atoms with van der Waals surface area (Å²) in [6, 6.07) is 6.24. The molecule has 2 atom stereocenters. The van der Waals surface area contributed by atoms with Gasteiger partial charge in [0, 0.05) is 13.5 Å². The summed E-state index contributed by atoms with van der Waals surface area (Å²) in [5.74, 6) is -0.183. The Bertz CT molecular complexity index is 466. The van der Waals surface area contributed by atoms with Crippen LogP contribution in [0.5, 0.6) is 0 Å². The highest BCUT2D eigenvalue weighted by Gasteiger charge is 2.17. The van der Waals surface area contributed by atoms with Crippen LogP contribution in [0.4, 0.5) is 5.69 Å². The zero-order valence-electron chi connectivity index (χ0n) is 10.5. The van der Waals surface area contributed by atoms with Crippen LogP contribution in [0, 0.1) is 0 Å². The second-order valence-electron chi connectivity index (χ2n) is 4.08. The van der Waals surface area contributed by atoms with Crippen molar-refractivity contribution in [2.45, 2.75) is 25.6 Å². The van der Waals surface area contributed by atoms with Gasteiger partial charge < -0.3 is 15.5 Å². The third-order valence-electron chi connectivity index (χ3n) is 2.59. The van der Waals surface area contributed by atoms with Crippen LogP contribution < -0.4 is 5.32 Å². The standard InChI is InChI=1S/C13H16N2O4/c1-9(17)14-7-6-12(18)13(19)10-2-4-11(5-3-10)15-8-16/h2-5,12-13,18-19H,6-7H2,1H3,(H,14,17). The summed E-state index contributed by atoms with van der Waals surface area (Å²) in [5, 5.41) is 22.2. The lowest BCUT2D eigenvalue weighted by molar-refractivity contribution is -0.119. The van der Waals surface area contributed by atoms with E-state index in [9.17, 15) is 19.8 Å². The van der Waals surface area contributed by atoms with Crippen LogP contribution >= 0.6 is 0 Å². The normalized spacial score (nSPS) is 13.2. The highest BCUT2D eigenvalue weighted by Crippen LogP contribution is 2.21. The highest BCUT2D eigenvalue weighted by atomic mass is 16.3. The summed E-state index contributed by atoms with van der Waals surface area (Å²) in [5.41, 5.74) is 0.943. The van der Waals surface area contributed by atoms with Gasteiger partial charge in [0.15, 0.2) is 0 Å². The monoisotopic (exact) mass is 264 g/mol. The second-order valence-corrected chi connectivity index (χ2v) is 4.08. The first-order valence-electron chi connectivity index (χ1n) is 5.83. The van der Waals surface area contributed by atoms with Crippen molar-refractivity contribution in [3.05, 3.63) is 29.8 Å². The molecule has 0 saturated heterocycles. The van der Waals surface area contributed by atoms with Crippen molar-refractivity contribution in [2.75, 3.05) is 6.54 Å². The summed E-state index contributed by atoms with van der Waals surface area (Å²) in [4.78, 5) is 24.1. The molecule has 3 N–H and O–H groups in total. The van der Waals surface area contributed by atoms with Crippen LogP contribution in [0.3, 0.4) is 0 Å². The van der Waals surface area contributed by atoms with E-state index >= 15 is 0 Å². The predicted molar refractivity (Wildman–Crippen MR) is 68.5 cm³/mol. The number of aliphatic imine (C=N–C) groups is 1. The van der Waals surface area contributed by atoms with Gasteiger partial charge in [0.2, 0.25) is 12.0 Å². The van der Waals surface area contributed by atoms with Crippen molar-refractivity contribution in [1.29, 1.82) is 0 Å². The van der Waals surface area contributed by atoms with Gasteiger partial charge >= 0.3 is 0 Å². The zero-order chi connectivity index (χ0) is 14.3. The molecule has 1 aromatic carbocycles. The molecule has 0 heterocycles. The van der Waals surface area contributed by atoms with E-state index in [1.54, 1.807) is 24.3 Å². The lowest BCUT2D eigenvalue weighted by atomic mass is 10.0. The van der Waals surface area contributed by atoms with Crippen molar-refractivity contribution in [1.82, 2.24) is 5.32 Å². The number of carbonyl (C=O) groups excluding carboxylic acids is 2. The largest absolute Gasteiger partial charge is 0.390 e. The van der Waals surface area contributed by atoms with Crippen LogP contribution in [0.1, 0.15) is 25.0 Å². The van der Waals surface area contributed by atoms with Gasteiger partial charge in [-0.3, -0.25) is 4.79 Å². The molecule has 1 aromatic rings. The minimum absolute atomic E-state index is 0.183. The minimum Gasteiger partial charge on any atom is -0.390 e. The molecular weight excluding hydrogens is 248 g/mol. The van der Waals surface area contributed by atoms with E-state index in [1.165, 1.54) is 13.0 Å². The van der Waals surface area contributed by atoms with Crippen molar-refractivity contribution in [2.24, 2.45) is 4.99 Å². The molecule has 2 unspecified atom stereocenters. The Morgan fingerprint density at radius 3 is 2.53 bits per heavy atom. The molecule has 0 saturated carbocycles. The molecule has 0 fully saturated rings. The van der Waals surface area contributed by atoms with Gasteiger partial charge in [0.1, 0.15) is 6.10 Å². The summed E-state index contributed by atoms with van der Waals surface area (Å²) in [7, 11) is 0. The predicted octanol–water partition coefficient (Wildman–Crippen LogP) is 0.574. The fourth-order valence-electron chi connectivity index (χ4n) is 1.57. The van der Waals surface area contributed by atoms with E-state index in [-0.39, 0.29) is 12.3 Å². The van der Waals surface area contributed by atoms with Gasteiger partial charge in [-0.1, -0.05) is 12.1 Å². The molecule has 0 bridgehead atoms. The number of nitrogens with zero attached hydrogens (tertiary/aromatic N) is 1. The van der Waals surface area contributed by atoms with Crippen LogP contribution in [0.15, 0.2) is 29.3 Å². The lowest BCUT2D eigenvalue weighted by Crippen LogP contribution is -2.27. The molecule has 1 rings (SSSR count). The quantitative estimate of drug-likeness (QED) is 0.517. The fraction of sp³-hybridized carbons (Fsp3) is 0.385. The molecule has 102 valence electrons. The number of aliphatic hydroxyl groups excluding tert-OH is 2. The maximum Gasteiger partial charge on any atom is 0.240 e. The number of hydrogen-bond donors (Lipinski definition) is 3. The Morgan fingerprint density at radius 2 is 2.00 bits per heavy atom.